The predicted octanol–water partition coefficient (Wildman–Crippen LogP) is 1.03. The van der Waals surface area contributed by atoms with E-state index in [1.807, 2.05) is 13.0 Å². The van der Waals surface area contributed by atoms with Crippen LogP contribution < -0.4 is 5.32 Å². The van der Waals surface area contributed by atoms with E-state index in [1.54, 1.807) is 11.4 Å². The number of carbonyl (C=O) groups excluding carboxylic acids is 1. The van der Waals surface area contributed by atoms with E-state index in [2.05, 4.69) is 10.2 Å². The summed E-state index contributed by atoms with van der Waals surface area (Å²) in [5.41, 5.74) is 0.494. The smallest absolute Gasteiger partial charge is 0.226 e. The molecule has 0 saturated carbocycles. The Hall–Kier alpha value is -1.46. The second-order valence-corrected chi connectivity index (χ2v) is 5.97. The summed E-state index contributed by atoms with van der Waals surface area (Å²) in [6.07, 6.45) is 0.178. The van der Waals surface area contributed by atoms with Gasteiger partial charge in [-0.15, -0.1) is 11.3 Å². The van der Waals surface area contributed by atoms with Gasteiger partial charge >= 0.3 is 0 Å². The Labute approximate surface area is 127 Å². The van der Waals surface area contributed by atoms with Crippen LogP contribution >= 0.6 is 11.3 Å². The van der Waals surface area contributed by atoms with Crippen molar-refractivity contribution in [3.8, 4) is 6.07 Å². The maximum absolute atomic E-state index is 12.0. The van der Waals surface area contributed by atoms with Crippen LogP contribution in [0.3, 0.4) is 0 Å². The van der Waals surface area contributed by atoms with Crippen molar-refractivity contribution in [2.75, 3.05) is 31.6 Å². The Morgan fingerprint density at radius 1 is 1.71 bits per heavy atom. The molecular formula is C14H19N3O3S. The van der Waals surface area contributed by atoms with Crippen LogP contribution in [0.25, 0.3) is 0 Å². The van der Waals surface area contributed by atoms with Crippen molar-refractivity contribution in [3.05, 3.63) is 17.0 Å². The van der Waals surface area contributed by atoms with Crippen molar-refractivity contribution in [3.63, 3.8) is 0 Å². The van der Waals surface area contributed by atoms with Crippen molar-refractivity contribution in [2.45, 2.75) is 25.5 Å². The van der Waals surface area contributed by atoms with Crippen LogP contribution in [0.1, 0.15) is 18.9 Å². The molecule has 0 spiro atoms. The van der Waals surface area contributed by atoms with E-state index in [0.29, 0.717) is 36.7 Å². The van der Waals surface area contributed by atoms with Crippen molar-refractivity contribution in [1.29, 1.82) is 5.26 Å². The first-order valence-electron chi connectivity index (χ1n) is 6.88. The molecule has 1 amide bonds. The number of hydrogen-bond donors (Lipinski definition) is 2. The molecule has 2 unspecified atom stereocenters. The number of amides is 1. The molecule has 6 nitrogen and oxygen atoms in total. The average molecular weight is 309 g/mol. The third-order valence-corrected chi connectivity index (χ3v) is 4.33. The Balaban J connectivity index is 1.82. The molecule has 2 rings (SSSR count). The molecule has 1 saturated heterocycles. The summed E-state index contributed by atoms with van der Waals surface area (Å²) in [5.74, 6) is -0.104. The van der Waals surface area contributed by atoms with E-state index in [1.165, 1.54) is 11.3 Å². The first-order chi connectivity index (χ1) is 10.1. The van der Waals surface area contributed by atoms with Gasteiger partial charge < -0.3 is 15.2 Å². The molecule has 1 aromatic heterocycles. The van der Waals surface area contributed by atoms with Gasteiger partial charge in [0.15, 0.2) is 0 Å². The highest BCUT2D eigenvalue weighted by atomic mass is 32.1. The number of anilines is 1. The van der Waals surface area contributed by atoms with Gasteiger partial charge in [-0.25, -0.2) is 0 Å². The summed E-state index contributed by atoms with van der Waals surface area (Å²) in [6, 6.07) is 3.97. The van der Waals surface area contributed by atoms with Gasteiger partial charge in [0.2, 0.25) is 5.91 Å². The molecule has 0 radical (unpaired) electrons. The number of aliphatic hydroxyl groups excluding tert-OH is 1. The number of nitrogens with zero attached hydrogens (tertiary/aromatic N) is 2. The standard InChI is InChI=1S/C14H19N3O3S/c1-10-9-20-12(8-18)7-17(10)4-2-13(19)16-14-11(6-15)3-5-21-14/h3,5,10,12,18H,2,4,7-9H2,1H3,(H,16,19). The van der Waals surface area contributed by atoms with Crippen LogP contribution in [-0.4, -0.2) is 54.4 Å². The van der Waals surface area contributed by atoms with Crippen molar-refractivity contribution < 1.29 is 14.6 Å². The third-order valence-electron chi connectivity index (χ3n) is 3.50. The van der Waals surface area contributed by atoms with Gasteiger partial charge in [0.05, 0.1) is 24.9 Å². The zero-order chi connectivity index (χ0) is 15.2. The van der Waals surface area contributed by atoms with E-state index in [0.717, 1.165) is 0 Å². The van der Waals surface area contributed by atoms with Gasteiger partial charge in [0, 0.05) is 25.6 Å². The van der Waals surface area contributed by atoms with Gasteiger partial charge in [-0.3, -0.25) is 9.69 Å². The second-order valence-electron chi connectivity index (χ2n) is 5.06. The number of morpholine rings is 1. The molecule has 1 fully saturated rings. The van der Waals surface area contributed by atoms with E-state index in [-0.39, 0.29) is 24.7 Å². The number of carbonyl (C=O) groups is 1. The highest BCUT2D eigenvalue weighted by Gasteiger charge is 2.25. The monoisotopic (exact) mass is 309 g/mol. The fraction of sp³-hybridized carbons (Fsp3) is 0.571. The SMILES string of the molecule is CC1COC(CO)CN1CCC(=O)Nc1sccc1C#N. The van der Waals surface area contributed by atoms with Crippen molar-refractivity contribution >= 4 is 22.2 Å². The molecule has 0 bridgehead atoms. The predicted molar refractivity (Wildman–Crippen MR) is 80.1 cm³/mol. The van der Waals surface area contributed by atoms with Crippen LogP contribution in [0, 0.1) is 11.3 Å². The molecule has 2 atom stereocenters. The van der Waals surface area contributed by atoms with Crippen molar-refractivity contribution in [2.24, 2.45) is 0 Å². The Bertz CT molecular complexity index is 526. The fourth-order valence-corrected chi connectivity index (χ4v) is 2.98. The fourth-order valence-electron chi connectivity index (χ4n) is 2.23. The molecule has 114 valence electrons. The summed E-state index contributed by atoms with van der Waals surface area (Å²) in [5, 5.41) is 23.2. The van der Waals surface area contributed by atoms with Gasteiger partial charge in [0.1, 0.15) is 11.1 Å². The summed E-state index contributed by atoms with van der Waals surface area (Å²) in [6.45, 7) is 3.85. The lowest BCUT2D eigenvalue weighted by Crippen LogP contribution is -2.50. The summed E-state index contributed by atoms with van der Waals surface area (Å²) < 4.78 is 5.47. The number of nitriles is 1. The minimum absolute atomic E-state index is 0.00383. The van der Waals surface area contributed by atoms with Crippen LogP contribution in [0.15, 0.2) is 11.4 Å². The molecular weight excluding hydrogens is 290 g/mol. The number of thiophene rings is 1. The first kappa shape index (κ1) is 15.9. The normalized spacial score (nSPS) is 22.7. The van der Waals surface area contributed by atoms with Crippen LogP contribution in [0.2, 0.25) is 0 Å². The summed E-state index contributed by atoms with van der Waals surface area (Å²) >= 11 is 1.35. The van der Waals surface area contributed by atoms with E-state index >= 15 is 0 Å². The Morgan fingerprint density at radius 3 is 3.24 bits per heavy atom. The summed E-state index contributed by atoms with van der Waals surface area (Å²) in [7, 11) is 0. The highest BCUT2D eigenvalue weighted by molar-refractivity contribution is 7.14. The minimum Gasteiger partial charge on any atom is -0.394 e. The average Bonchev–Trinajstić information content (AvgIpc) is 2.93. The second kappa shape index (κ2) is 7.52. The molecule has 0 aromatic carbocycles. The largest absolute Gasteiger partial charge is 0.394 e. The van der Waals surface area contributed by atoms with Crippen molar-refractivity contribution in [1.82, 2.24) is 4.90 Å². The lowest BCUT2D eigenvalue weighted by Gasteiger charge is -2.37. The maximum atomic E-state index is 12.0. The zero-order valence-corrected chi connectivity index (χ0v) is 12.7. The Morgan fingerprint density at radius 2 is 2.52 bits per heavy atom. The molecule has 0 aliphatic carbocycles. The maximum Gasteiger partial charge on any atom is 0.226 e. The van der Waals surface area contributed by atoms with E-state index in [9.17, 15) is 4.79 Å². The van der Waals surface area contributed by atoms with E-state index in [4.69, 9.17) is 15.1 Å². The highest BCUT2D eigenvalue weighted by Crippen LogP contribution is 2.22. The first-order valence-corrected chi connectivity index (χ1v) is 7.76. The topological polar surface area (TPSA) is 85.6 Å². The molecule has 1 aliphatic rings. The molecule has 2 heterocycles. The zero-order valence-electron chi connectivity index (χ0n) is 11.9. The number of ether oxygens (including phenoxy) is 1. The van der Waals surface area contributed by atoms with Crippen LogP contribution in [0.4, 0.5) is 5.00 Å². The molecule has 21 heavy (non-hydrogen) atoms. The number of hydrogen-bond acceptors (Lipinski definition) is 6. The number of aliphatic hydroxyl groups is 1. The quantitative estimate of drug-likeness (QED) is 0.848. The van der Waals surface area contributed by atoms with Crippen LogP contribution in [-0.2, 0) is 9.53 Å². The van der Waals surface area contributed by atoms with Crippen LogP contribution in [0.5, 0.6) is 0 Å². The number of rotatable bonds is 5. The third kappa shape index (κ3) is 4.25. The lowest BCUT2D eigenvalue weighted by atomic mass is 10.2. The molecule has 2 N–H and O–H groups in total. The van der Waals surface area contributed by atoms with Gasteiger partial charge in [-0.05, 0) is 18.4 Å². The summed E-state index contributed by atoms with van der Waals surface area (Å²) in [4.78, 5) is 14.1. The molecule has 7 heteroatoms. The number of nitrogens with one attached hydrogen (secondary N) is 1. The molecule has 1 aliphatic heterocycles. The minimum atomic E-state index is -0.174. The lowest BCUT2D eigenvalue weighted by molar-refractivity contribution is -0.118. The van der Waals surface area contributed by atoms with Gasteiger partial charge in [-0.1, -0.05) is 0 Å². The van der Waals surface area contributed by atoms with E-state index < -0.39 is 0 Å². The molecule has 1 aromatic rings. The van der Waals surface area contributed by atoms with Gasteiger partial charge in [-0.2, -0.15) is 5.26 Å². The Kier molecular flexibility index (Phi) is 5.70. The van der Waals surface area contributed by atoms with Gasteiger partial charge in [0.25, 0.3) is 0 Å².